The van der Waals surface area contributed by atoms with Gasteiger partial charge in [0.25, 0.3) is 0 Å². The number of benzene rings is 3. The fourth-order valence-corrected chi connectivity index (χ4v) is 3.92. The van der Waals surface area contributed by atoms with Crippen LogP contribution in [0.1, 0.15) is 16.1 Å². The molecule has 33 heavy (non-hydrogen) atoms. The average molecular weight is 445 g/mol. The maximum Gasteiger partial charge on any atom is 0.358 e. The molecule has 4 aromatic rings. The van der Waals surface area contributed by atoms with Crippen LogP contribution in [0.25, 0.3) is 27.7 Å². The van der Waals surface area contributed by atoms with Gasteiger partial charge in [-0.15, -0.1) is 0 Å². The van der Waals surface area contributed by atoms with Gasteiger partial charge in [0.2, 0.25) is 5.91 Å². The van der Waals surface area contributed by atoms with Gasteiger partial charge < -0.3 is 19.9 Å². The standard InChI is InChI=1S/C25H23N3O5/c1-31-21-9-6-10-22(32-2)24(21)20-14-18(25(30)33-3)27-28(20)19-12-11-15(13-23(26)29)16-7-4-5-8-17(16)19/h4-12,14H,13H2,1-3H3,(H2,26,29). The number of hydrogen-bond donors (Lipinski definition) is 1. The summed E-state index contributed by atoms with van der Waals surface area (Å²) in [4.78, 5) is 24.0. The minimum Gasteiger partial charge on any atom is -0.496 e. The molecule has 0 saturated heterocycles. The highest BCUT2D eigenvalue weighted by atomic mass is 16.5. The van der Waals surface area contributed by atoms with Crippen molar-refractivity contribution in [2.45, 2.75) is 6.42 Å². The number of primary amides is 1. The fraction of sp³-hybridized carbons (Fsp3) is 0.160. The second-order valence-corrected chi connectivity index (χ2v) is 7.29. The Hall–Kier alpha value is -4.33. The van der Waals surface area contributed by atoms with E-state index in [1.54, 1.807) is 37.1 Å². The molecule has 0 unspecified atom stereocenters. The van der Waals surface area contributed by atoms with E-state index in [4.69, 9.17) is 19.9 Å². The molecule has 0 atom stereocenters. The topological polar surface area (TPSA) is 106 Å². The first-order chi connectivity index (χ1) is 16.0. The van der Waals surface area contributed by atoms with Crippen LogP contribution in [-0.2, 0) is 16.0 Å². The second kappa shape index (κ2) is 9.04. The van der Waals surface area contributed by atoms with Gasteiger partial charge >= 0.3 is 5.97 Å². The van der Waals surface area contributed by atoms with Gasteiger partial charge in [-0.2, -0.15) is 5.10 Å². The van der Waals surface area contributed by atoms with Gasteiger partial charge in [-0.25, -0.2) is 9.48 Å². The normalized spacial score (nSPS) is 10.8. The van der Waals surface area contributed by atoms with Crippen LogP contribution < -0.4 is 15.2 Å². The first-order valence-corrected chi connectivity index (χ1v) is 10.2. The highest BCUT2D eigenvalue weighted by Crippen LogP contribution is 2.40. The molecular weight excluding hydrogens is 422 g/mol. The van der Waals surface area contributed by atoms with E-state index >= 15 is 0 Å². The summed E-state index contributed by atoms with van der Waals surface area (Å²) in [6.07, 6.45) is 0.112. The predicted molar refractivity (Wildman–Crippen MR) is 124 cm³/mol. The SMILES string of the molecule is COC(=O)c1cc(-c2c(OC)cccc2OC)n(-c2ccc(CC(N)=O)c3ccccc23)n1. The van der Waals surface area contributed by atoms with Crippen molar-refractivity contribution in [3.05, 3.63) is 71.9 Å². The minimum atomic E-state index is -0.571. The highest BCUT2D eigenvalue weighted by molar-refractivity contribution is 5.96. The van der Waals surface area contributed by atoms with E-state index in [2.05, 4.69) is 5.10 Å². The molecule has 8 nitrogen and oxygen atoms in total. The maximum absolute atomic E-state index is 12.4. The predicted octanol–water partition coefficient (Wildman–Crippen LogP) is 3.52. The first-order valence-electron chi connectivity index (χ1n) is 10.2. The molecule has 3 aromatic carbocycles. The lowest BCUT2D eigenvalue weighted by Crippen LogP contribution is -2.14. The smallest absolute Gasteiger partial charge is 0.358 e. The van der Waals surface area contributed by atoms with Crippen LogP contribution in [0.2, 0.25) is 0 Å². The summed E-state index contributed by atoms with van der Waals surface area (Å²) < 4.78 is 17.7. The molecule has 168 valence electrons. The van der Waals surface area contributed by atoms with Crippen molar-refractivity contribution < 1.29 is 23.8 Å². The molecule has 0 aliphatic heterocycles. The Morgan fingerprint density at radius 2 is 1.58 bits per heavy atom. The molecule has 0 bridgehead atoms. The van der Waals surface area contributed by atoms with Crippen LogP contribution in [0, 0.1) is 0 Å². The van der Waals surface area contributed by atoms with Crippen molar-refractivity contribution in [1.82, 2.24) is 9.78 Å². The fourth-order valence-electron chi connectivity index (χ4n) is 3.92. The zero-order chi connectivity index (χ0) is 23.5. The lowest BCUT2D eigenvalue weighted by molar-refractivity contribution is -0.117. The third-order valence-corrected chi connectivity index (χ3v) is 5.37. The Labute approximate surface area is 190 Å². The molecular formula is C25H23N3O5. The third-order valence-electron chi connectivity index (χ3n) is 5.37. The van der Waals surface area contributed by atoms with Crippen molar-refractivity contribution >= 4 is 22.6 Å². The van der Waals surface area contributed by atoms with Crippen molar-refractivity contribution in [3.63, 3.8) is 0 Å². The second-order valence-electron chi connectivity index (χ2n) is 7.29. The van der Waals surface area contributed by atoms with Crippen molar-refractivity contribution in [3.8, 4) is 28.4 Å². The average Bonchev–Trinajstić information content (AvgIpc) is 3.27. The van der Waals surface area contributed by atoms with E-state index in [0.717, 1.165) is 16.3 Å². The van der Waals surface area contributed by atoms with Crippen LogP contribution in [0.3, 0.4) is 0 Å². The lowest BCUT2D eigenvalue weighted by atomic mass is 10.00. The summed E-state index contributed by atoms with van der Waals surface area (Å²) in [7, 11) is 4.43. The molecule has 8 heteroatoms. The monoisotopic (exact) mass is 445 g/mol. The third kappa shape index (κ3) is 3.98. The summed E-state index contributed by atoms with van der Waals surface area (Å²) >= 11 is 0. The van der Waals surface area contributed by atoms with E-state index in [1.165, 1.54) is 7.11 Å². The van der Waals surface area contributed by atoms with Crippen LogP contribution in [0.4, 0.5) is 0 Å². The van der Waals surface area contributed by atoms with E-state index < -0.39 is 11.9 Å². The molecule has 0 radical (unpaired) electrons. The Balaban J connectivity index is 2.05. The molecule has 1 aromatic heterocycles. The molecule has 0 aliphatic rings. The van der Waals surface area contributed by atoms with E-state index in [9.17, 15) is 9.59 Å². The van der Waals surface area contributed by atoms with Gasteiger partial charge in [-0.05, 0) is 35.2 Å². The number of carbonyl (C=O) groups excluding carboxylic acids is 2. The van der Waals surface area contributed by atoms with Crippen LogP contribution in [-0.4, -0.2) is 43.0 Å². The van der Waals surface area contributed by atoms with E-state index in [-0.39, 0.29) is 12.1 Å². The molecule has 0 spiro atoms. The number of rotatable bonds is 7. The zero-order valence-corrected chi connectivity index (χ0v) is 18.5. The van der Waals surface area contributed by atoms with Crippen molar-refractivity contribution in [2.24, 2.45) is 5.73 Å². The highest BCUT2D eigenvalue weighted by Gasteiger charge is 2.23. The van der Waals surface area contributed by atoms with Crippen molar-refractivity contribution in [2.75, 3.05) is 21.3 Å². The van der Waals surface area contributed by atoms with Gasteiger partial charge in [0.1, 0.15) is 11.5 Å². The number of carbonyl (C=O) groups is 2. The molecule has 2 N–H and O–H groups in total. The van der Waals surface area contributed by atoms with Gasteiger partial charge in [0.05, 0.1) is 44.7 Å². The maximum atomic E-state index is 12.4. The molecule has 0 aliphatic carbocycles. The molecule has 0 fully saturated rings. The summed E-state index contributed by atoms with van der Waals surface area (Å²) in [5.74, 6) is 0.126. The van der Waals surface area contributed by atoms with Gasteiger partial charge in [-0.3, -0.25) is 4.79 Å². The summed E-state index contributed by atoms with van der Waals surface area (Å²) in [6, 6.07) is 18.4. The van der Waals surface area contributed by atoms with Gasteiger partial charge in [-0.1, -0.05) is 36.4 Å². The number of esters is 1. The number of fused-ring (bicyclic) bond motifs is 1. The first kappa shape index (κ1) is 21.9. The van der Waals surface area contributed by atoms with Crippen molar-refractivity contribution in [1.29, 1.82) is 0 Å². The lowest BCUT2D eigenvalue weighted by Gasteiger charge is -2.16. The van der Waals surface area contributed by atoms with Gasteiger partial charge in [0, 0.05) is 5.39 Å². The van der Waals surface area contributed by atoms with E-state index in [1.807, 2.05) is 42.5 Å². The van der Waals surface area contributed by atoms with Crippen LogP contribution in [0.5, 0.6) is 11.5 Å². The number of aromatic nitrogens is 2. The number of hydrogen-bond acceptors (Lipinski definition) is 6. The zero-order valence-electron chi connectivity index (χ0n) is 18.5. The Morgan fingerprint density at radius 3 is 2.18 bits per heavy atom. The molecule has 1 amide bonds. The largest absolute Gasteiger partial charge is 0.496 e. The Morgan fingerprint density at radius 1 is 0.909 bits per heavy atom. The summed E-state index contributed by atoms with van der Waals surface area (Å²) in [6.45, 7) is 0. The number of nitrogens with zero attached hydrogens (tertiary/aromatic N) is 2. The Bertz CT molecular complexity index is 1340. The number of nitrogens with two attached hydrogens (primary N) is 1. The number of amides is 1. The summed E-state index contributed by atoms with van der Waals surface area (Å²) in [5.41, 5.74) is 8.30. The van der Waals surface area contributed by atoms with E-state index in [0.29, 0.717) is 28.4 Å². The molecule has 4 rings (SSSR count). The minimum absolute atomic E-state index is 0.112. The molecule has 1 heterocycles. The molecule has 0 saturated carbocycles. The van der Waals surface area contributed by atoms with Crippen LogP contribution >= 0.6 is 0 Å². The summed E-state index contributed by atoms with van der Waals surface area (Å²) in [5, 5.41) is 6.26. The van der Waals surface area contributed by atoms with Gasteiger partial charge in [0.15, 0.2) is 5.69 Å². The number of ether oxygens (including phenoxy) is 3. The number of methoxy groups -OCH3 is 3. The van der Waals surface area contributed by atoms with Crippen LogP contribution in [0.15, 0.2) is 60.7 Å². The Kier molecular flexibility index (Phi) is 5.99. The quantitative estimate of drug-likeness (QED) is 0.436.